The first-order valence-electron chi connectivity index (χ1n) is 14.5. The van der Waals surface area contributed by atoms with Gasteiger partial charge in [0.25, 0.3) is 0 Å². The molecule has 39 heavy (non-hydrogen) atoms. The summed E-state index contributed by atoms with van der Waals surface area (Å²) in [6.45, 7) is 11.4. The third kappa shape index (κ3) is 15.7. The number of carbonyl (C=O) groups is 1. The average molecular weight is 574 g/mol. The van der Waals surface area contributed by atoms with Crippen molar-refractivity contribution in [1.29, 1.82) is 0 Å². The number of aliphatic hydroxyl groups excluding tert-OH is 1. The molecule has 0 saturated heterocycles. The van der Waals surface area contributed by atoms with Gasteiger partial charge in [-0.2, -0.15) is 0 Å². The zero-order chi connectivity index (χ0) is 28.3. The number of carbonyl (C=O) groups excluding carboxylic acids is 1. The van der Waals surface area contributed by atoms with Crippen molar-refractivity contribution in [1.82, 2.24) is 5.32 Å². The third-order valence-corrected chi connectivity index (χ3v) is 7.00. The Hall–Kier alpha value is -1.58. The van der Waals surface area contributed by atoms with Gasteiger partial charge in [-0.1, -0.05) is 40.2 Å². The fourth-order valence-corrected chi connectivity index (χ4v) is 4.33. The van der Waals surface area contributed by atoms with E-state index in [-0.39, 0.29) is 30.2 Å². The molecule has 1 aromatic rings. The molecule has 1 aromatic carbocycles. The van der Waals surface area contributed by atoms with E-state index in [1.54, 1.807) is 7.11 Å². The zero-order valence-corrected chi connectivity index (χ0v) is 25.8. The molecular weight excluding hydrogens is 518 g/mol. The lowest BCUT2D eigenvalue weighted by molar-refractivity contribution is -0.125. The van der Waals surface area contributed by atoms with Crippen LogP contribution in [0.4, 0.5) is 0 Å². The normalized spacial score (nSPS) is 14.3. The maximum Gasteiger partial charge on any atom is 0.222 e. The number of benzene rings is 1. The lowest BCUT2D eigenvalue weighted by Gasteiger charge is -2.28. The van der Waals surface area contributed by atoms with Crippen molar-refractivity contribution in [3.63, 3.8) is 0 Å². The lowest BCUT2D eigenvalue weighted by atomic mass is 9.82. The van der Waals surface area contributed by atoms with Crippen molar-refractivity contribution in [3.8, 4) is 11.5 Å². The van der Waals surface area contributed by atoms with Gasteiger partial charge < -0.3 is 36.1 Å². The Labute approximate surface area is 243 Å². The van der Waals surface area contributed by atoms with Gasteiger partial charge >= 0.3 is 0 Å². The second-order valence-electron chi connectivity index (χ2n) is 10.8. The Morgan fingerprint density at radius 3 is 2.33 bits per heavy atom. The quantitative estimate of drug-likeness (QED) is 0.151. The van der Waals surface area contributed by atoms with Crippen LogP contribution in [0.5, 0.6) is 11.5 Å². The SMILES string of the molecule is CCCCNC(=O)[C@H](C)C[C@H](O)[C@@H](N)C[C@H](Cc1ccc(OCCCCN)c(OCCCOC)c1)C(C)C.Cl. The van der Waals surface area contributed by atoms with Crippen molar-refractivity contribution in [2.24, 2.45) is 29.2 Å². The third-order valence-electron chi connectivity index (χ3n) is 7.00. The van der Waals surface area contributed by atoms with Crippen LogP contribution in [-0.2, 0) is 16.0 Å². The van der Waals surface area contributed by atoms with Gasteiger partial charge in [-0.15, -0.1) is 12.4 Å². The Kier molecular flexibility index (Phi) is 21.3. The van der Waals surface area contributed by atoms with Crippen LogP contribution in [0.1, 0.15) is 78.2 Å². The Morgan fingerprint density at radius 1 is 1.00 bits per heavy atom. The van der Waals surface area contributed by atoms with Crippen LogP contribution in [0.2, 0.25) is 0 Å². The molecule has 1 amide bonds. The number of aliphatic hydroxyl groups is 1. The smallest absolute Gasteiger partial charge is 0.222 e. The molecule has 0 fully saturated rings. The summed E-state index contributed by atoms with van der Waals surface area (Å²) in [6, 6.07) is 5.73. The number of rotatable bonds is 22. The molecule has 0 spiro atoms. The van der Waals surface area contributed by atoms with E-state index >= 15 is 0 Å². The van der Waals surface area contributed by atoms with Crippen LogP contribution >= 0.6 is 12.4 Å². The summed E-state index contributed by atoms with van der Waals surface area (Å²) in [6.07, 6.45) is 5.72. The summed E-state index contributed by atoms with van der Waals surface area (Å²) < 4.78 is 17.2. The van der Waals surface area contributed by atoms with E-state index in [9.17, 15) is 9.90 Å². The largest absolute Gasteiger partial charge is 0.490 e. The van der Waals surface area contributed by atoms with E-state index in [2.05, 4.69) is 38.2 Å². The van der Waals surface area contributed by atoms with Crippen molar-refractivity contribution >= 4 is 18.3 Å². The van der Waals surface area contributed by atoms with Crippen LogP contribution in [0.3, 0.4) is 0 Å². The van der Waals surface area contributed by atoms with Gasteiger partial charge in [0, 0.05) is 38.6 Å². The lowest BCUT2D eigenvalue weighted by Crippen LogP contribution is -2.41. The van der Waals surface area contributed by atoms with Gasteiger partial charge in [0.1, 0.15) is 0 Å². The van der Waals surface area contributed by atoms with Gasteiger partial charge in [-0.3, -0.25) is 4.79 Å². The molecule has 0 bridgehead atoms. The summed E-state index contributed by atoms with van der Waals surface area (Å²) in [5.41, 5.74) is 13.2. The predicted molar refractivity (Wildman–Crippen MR) is 162 cm³/mol. The average Bonchev–Trinajstić information content (AvgIpc) is 2.89. The number of nitrogens with one attached hydrogen (secondary N) is 1. The van der Waals surface area contributed by atoms with Crippen LogP contribution < -0.4 is 26.3 Å². The standard InChI is InChI=1S/C30H55N3O5.ClH/c1-6-7-14-33-30(35)23(4)18-27(34)26(32)21-25(22(2)3)19-24-11-12-28(37-16-9-8-13-31)29(20-24)38-17-10-15-36-5;/h11-12,20,22-23,25-27,34H,6-10,13-19,21,31-32H2,1-5H3,(H,33,35);1H/t23-,25+,26+,27+;/m1./s1. The monoisotopic (exact) mass is 573 g/mol. The first-order valence-corrected chi connectivity index (χ1v) is 14.5. The number of unbranched alkanes of at least 4 members (excludes halogenated alkanes) is 2. The first kappa shape index (κ1) is 37.4. The predicted octanol–water partition coefficient (Wildman–Crippen LogP) is 4.48. The van der Waals surface area contributed by atoms with Crippen molar-refractivity contribution in [2.75, 3.05) is 40.0 Å². The van der Waals surface area contributed by atoms with Gasteiger partial charge in [0.15, 0.2) is 11.5 Å². The Morgan fingerprint density at radius 2 is 1.69 bits per heavy atom. The molecule has 0 radical (unpaired) electrons. The van der Waals surface area contributed by atoms with Crippen LogP contribution in [0.15, 0.2) is 18.2 Å². The molecule has 1 rings (SSSR count). The summed E-state index contributed by atoms with van der Waals surface area (Å²) in [7, 11) is 1.68. The van der Waals surface area contributed by atoms with Crippen LogP contribution in [0.25, 0.3) is 0 Å². The van der Waals surface area contributed by atoms with E-state index in [0.717, 1.165) is 55.6 Å². The summed E-state index contributed by atoms with van der Waals surface area (Å²) in [5, 5.41) is 13.7. The maximum atomic E-state index is 12.3. The molecule has 0 aliphatic rings. The fraction of sp³-hybridized carbons (Fsp3) is 0.767. The molecule has 0 saturated carbocycles. The minimum atomic E-state index is -0.729. The zero-order valence-electron chi connectivity index (χ0n) is 25.0. The molecular formula is C30H56ClN3O5. The summed E-state index contributed by atoms with van der Waals surface area (Å²) in [5.74, 6) is 1.82. The molecule has 0 aromatic heterocycles. The summed E-state index contributed by atoms with van der Waals surface area (Å²) in [4.78, 5) is 12.3. The molecule has 228 valence electrons. The minimum absolute atomic E-state index is 0. The highest BCUT2D eigenvalue weighted by molar-refractivity contribution is 5.85. The number of methoxy groups -OCH3 is 1. The highest BCUT2D eigenvalue weighted by Crippen LogP contribution is 2.32. The van der Waals surface area contributed by atoms with E-state index < -0.39 is 12.1 Å². The second kappa shape index (κ2) is 22.1. The molecule has 0 aliphatic heterocycles. The second-order valence-corrected chi connectivity index (χ2v) is 10.8. The van der Waals surface area contributed by atoms with Crippen LogP contribution in [0, 0.1) is 17.8 Å². The summed E-state index contributed by atoms with van der Waals surface area (Å²) >= 11 is 0. The molecule has 6 N–H and O–H groups in total. The minimum Gasteiger partial charge on any atom is -0.490 e. The molecule has 0 aliphatic carbocycles. The van der Waals surface area contributed by atoms with E-state index in [4.69, 9.17) is 25.7 Å². The van der Waals surface area contributed by atoms with E-state index in [1.807, 2.05) is 13.0 Å². The number of hydrogen-bond donors (Lipinski definition) is 4. The van der Waals surface area contributed by atoms with E-state index in [0.29, 0.717) is 51.7 Å². The molecule has 8 nitrogen and oxygen atoms in total. The maximum absolute atomic E-state index is 12.3. The number of halogens is 1. The number of amides is 1. The van der Waals surface area contributed by atoms with Crippen molar-refractivity contribution in [2.45, 2.75) is 91.2 Å². The topological polar surface area (TPSA) is 129 Å². The van der Waals surface area contributed by atoms with Gasteiger partial charge in [0.2, 0.25) is 5.91 Å². The number of hydrogen-bond acceptors (Lipinski definition) is 7. The highest BCUT2D eigenvalue weighted by atomic mass is 35.5. The number of nitrogens with two attached hydrogens (primary N) is 2. The fourth-order valence-electron chi connectivity index (χ4n) is 4.33. The van der Waals surface area contributed by atoms with Crippen molar-refractivity contribution < 1.29 is 24.1 Å². The van der Waals surface area contributed by atoms with Gasteiger partial charge in [0.05, 0.1) is 19.3 Å². The molecule has 9 heteroatoms. The van der Waals surface area contributed by atoms with E-state index in [1.165, 1.54) is 0 Å². The van der Waals surface area contributed by atoms with Crippen LogP contribution in [-0.4, -0.2) is 63.2 Å². The Balaban J connectivity index is 0.0000144. The highest BCUT2D eigenvalue weighted by Gasteiger charge is 2.26. The number of ether oxygens (including phenoxy) is 3. The molecule has 4 atom stereocenters. The van der Waals surface area contributed by atoms with Crippen molar-refractivity contribution in [3.05, 3.63) is 23.8 Å². The van der Waals surface area contributed by atoms with Gasteiger partial charge in [-0.25, -0.2) is 0 Å². The Bertz CT molecular complexity index is 768. The molecule has 0 unspecified atom stereocenters. The van der Waals surface area contributed by atoms with Gasteiger partial charge in [-0.05, 0) is 74.6 Å². The first-order chi connectivity index (χ1) is 18.2. The molecule has 0 heterocycles.